The van der Waals surface area contributed by atoms with Gasteiger partial charge >= 0.3 is 0 Å². The first-order valence-corrected chi connectivity index (χ1v) is 7.93. The zero-order chi connectivity index (χ0) is 13.1. The molecule has 0 saturated heterocycles. The summed E-state index contributed by atoms with van der Waals surface area (Å²) in [6.07, 6.45) is 6.87. The van der Waals surface area contributed by atoms with Gasteiger partial charge < -0.3 is 5.32 Å². The molecule has 1 aromatic carbocycles. The van der Waals surface area contributed by atoms with Crippen LogP contribution in [0.2, 0.25) is 0 Å². The van der Waals surface area contributed by atoms with Crippen LogP contribution in [0.4, 0.5) is 0 Å². The molecule has 1 aliphatic carbocycles. The quantitative estimate of drug-likeness (QED) is 0.893. The van der Waals surface area contributed by atoms with E-state index < -0.39 is 0 Å². The summed E-state index contributed by atoms with van der Waals surface area (Å²) in [6, 6.07) is 7.71. The summed E-state index contributed by atoms with van der Waals surface area (Å²) in [7, 11) is 0. The molecule has 0 spiro atoms. The Kier molecular flexibility index (Phi) is 4.19. The van der Waals surface area contributed by atoms with Gasteiger partial charge in [-0.25, -0.2) is 0 Å². The van der Waals surface area contributed by atoms with Gasteiger partial charge in [0, 0.05) is 19.1 Å². The molecule has 19 heavy (non-hydrogen) atoms. The Morgan fingerprint density at radius 2 is 2.11 bits per heavy atom. The largest absolute Gasteiger partial charge is 0.312 e. The molecular weight excluding hydrogens is 232 g/mol. The van der Waals surface area contributed by atoms with Crippen LogP contribution in [-0.2, 0) is 19.5 Å². The van der Waals surface area contributed by atoms with Gasteiger partial charge in [0.05, 0.1) is 0 Å². The first kappa shape index (κ1) is 13.1. The smallest absolute Gasteiger partial charge is 0.0239 e. The van der Waals surface area contributed by atoms with Crippen LogP contribution in [-0.4, -0.2) is 24.0 Å². The Morgan fingerprint density at radius 3 is 2.89 bits per heavy atom. The molecule has 2 heteroatoms. The first-order valence-electron chi connectivity index (χ1n) is 7.93. The van der Waals surface area contributed by atoms with Crippen molar-refractivity contribution in [3.8, 4) is 0 Å². The van der Waals surface area contributed by atoms with E-state index in [2.05, 4.69) is 35.3 Å². The SMILES string of the molecule is CCN(Cc1cccc2c1CCNC2)C1CCCC1. The zero-order valence-electron chi connectivity index (χ0n) is 12.1. The van der Waals surface area contributed by atoms with Crippen molar-refractivity contribution in [2.24, 2.45) is 0 Å². The number of fused-ring (bicyclic) bond motifs is 1. The zero-order valence-corrected chi connectivity index (χ0v) is 12.1. The van der Waals surface area contributed by atoms with Crippen molar-refractivity contribution >= 4 is 0 Å². The average Bonchev–Trinajstić information content (AvgIpc) is 2.99. The van der Waals surface area contributed by atoms with Crippen molar-refractivity contribution in [2.75, 3.05) is 13.1 Å². The van der Waals surface area contributed by atoms with Crippen LogP contribution in [0.25, 0.3) is 0 Å². The Morgan fingerprint density at radius 1 is 1.26 bits per heavy atom. The van der Waals surface area contributed by atoms with Gasteiger partial charge in [0.15, 0.2) is 0 Å². The molecule has 0 unspecified atom stereocenters. The number of nitrogens with one attached hydrogen (secondary N) is 1. The van der Waals surface area contributed by atoms with E-state index in [0.29, 0.717) is 0 Å². The Balaban J connectivity index is 1.78. The standard InChI is InChI=1S/C17H26N2/c1-2-19(16-8-3-4-9-16)13-15-7-5-6-14-12-18-11-10-17(14)15/h5-7,16,18H,2-4,8-13H2,1H3. The van der Waals surface area contributed by atoms with Crippen LogP contribution in [0.1, 0.15) is 49.3 Å². The molecule has 0 amide bonds. The van der Waals surface area contributed by atoms with Crippen LogP contribution in [0, 0.1) is 0 Å². The molecule has 0 aromatic heterocycles. The summed E-state index contributed by atoms with van der Waals surface area (Å²) in [5, 5.41) is 3.48. The third-order valence-corrected chi connectivity index (χ3v) is 4.86. The number of rotatable bonds is 4. The number of hydrogen-bond acceptors (Lipinski definition) is 2. The van der Waals surface area contributed by atoms with E-state index in [1.54, 1.807) is 11.1 Å². The lowest BCUT2D eigenvalue weighted by Gasteiger charge is -2.29. The predicted octanol–water partition coefficient (Wildman–Crippen LogP) is 3.10. The summed E-state index contributed by atoms with van der Waals surface area (Å²) in [5.74, 6) is 0. The lowest BCUT2D eigenvalue weighted by atomic mass is 9.95. The molecule has 0 atom stereocenters. The number of nitrogens with zero attached hydrogens (tertiary/aromatic N) is 1. The highest BCUT2D eigenvalue weighted by Gasteiger charge is 2.22. The summed E-state index contributed by atoms with van der Waals surface area (Å²) in [5.41, 5.74) is 4.72. The minimum absolute atomic E-state index is 0.836. The van der Waals surface area contributed by atoms with Gasteiger partial charge in [0.2, 0.25) is 0 Å². The highest BCUT2D eigenvalue weighted by atomic mass is 15.1. The molecule has 104 valence electrons. The third-order valence-electron chi connectivity index (χ3n) is 4.86. The normalized spacial score (nSPS) is 19.9. The van der Waals surface area contributed by atoms with Crippen molar-refractivity contribution in [3.05, 3.63) is 34.9 Å². The molecule has 0 radical (unpaired) electrons. The van der Waals surface area contributed by atoms with E-state index in [4.69, 9.17) is 0 Å². The maximum Gasteiger partial charge on any atom is 0.0239 e. The van der Waals surface area contributed by atoms with E-state index in [0.717, 1.165) is 25.7 Å². The van der Waals surface area contributed by atoms with Crippen LogP contribution in [0.5, 0.6) is 0 Å². The molecule has 0 bridgehead atoms. The second-order valence-corrected chi connectivity index (χ2v) is 5.98. The lowest BCUT2D eigenvalue weighted by molar-refractivity contribution is 0.199. The van der Waals surface area contributed by atoms with Gasteiger partial charge in [0.1, 0.15) is 0 Å². The minimum atomic E-state index is 0.836. The fourth-order valence-corrected chi connectivity index (χ4v) is 3.75. The molecule has 1 aliphatic heterocycles. The molecule has 2 aliphatic rings. The highest BCUT2D eigenvalue weighted by Crippen LogP contribution is 2.26. The monoisotopic (exact) mass is 258 g/mol. The molecule has 1 heterocycles. The van der Waals surface area contributed by atoms with E-state index >= 15 is 0 Å². The minimum Gasteiger partial charge on any atom is -0.312 e. The Hall–Kier alpha value is -0.860. The van der Waals surface area contributed by atoms with Crippen molar-refractivity contribution in [2.45, 2.75) is 58.2 Å². The molecule has 1 N–H and O–H groups in total. The first-order chi connectivity index (χ1) is 9.38. The van der Waals surface area contributed by atoms with E-state index in [9.17, 15) is 0 Å². The van der Waals surface area contributed by atoms with Crippen molar-refractivity contribution < 1.29 is 0 Å². The van der Waals surface area contributed by atoms with Gasteiger partial charge in [-0.05, 0) is 49.0 Å². The van der Waals surface area contributed by atoms with E-state index in [1.165, 1.54) is 44.2 Å². The molecular formula is C17H26N2. The van der Waals surface area contributed by atoms with Crippen LogP contribution < -0.4 is 5.32 Å². The van der Waals surface area contributed by atoms with E-state index in [-0.39, 0.29) is 0 Å². The Labute approximate surface area is 117 Å². The van der Waals surface area contributed by atoms with Crippen molar-refractivity contribution in [3.63, 3.8) is 0 Å². The average molecular weight is 258 g/mol. The lowest BCUT2D eigenvalue weighted by Crippen LogP contribution is -2.33. The molecule has 2 nitrogen and oxygen atoms in total. The number of hydrogen-bond donors (Lipinski definition) is 1. The van der Waals surface area contributed by atoms with Crippen LogP contribution >= 0.6 is 0 Å². The third kappa shape index (κ3) is 2.85. The fourth-order valence-electron chi connectivity index (χ4n) is 3.75. The molecule has 1 aromatic rings. The van der Waals surface area contributed by atoms with Crippen molar-refractivity contribution in [1.82, 2.24) is 10.2 Å². The van der Waals surface area contributed by atoms with Gasteiger partial charge in [-0.1, -0.05) is 38.0 Å². The van der Waals surface area contributed by atoms with E-state index in [1.807, 2.05) is 0 Å². The maximum atomic E-state index is 3.48. The van der Waals surface area contributed by atoms with Crippen LogP contribution in [0.3, 0.4) is 0 Å². The predicted molar refractivity (Wildman–Crippen MR) is 80.2 cm³/mol. The molecule has 1 saturated carbocycles. The Bertz CT molecular complexity index is 421. The van der Waals surface area contributed by atoms with Gasteiger partial charge in [-0.15, -0.1) is 0 Å². The summed E-state index contributed by atoms with van der Waals surface area (Å²) < 4.78 is 0. The summed E-state index contributed by atoms with van der Waals surface area (Å²) in [4.78, 5) is 2.70. The second-order valence-electron chi connectivity index (χ2n) is 5.98. The highest BCUT2D eigenvalue weighted by molar-refractivity contribution is 5.37. The number of benzene rings is 1. The topological polar surface area (TPSA) is 15.3 Å². The van der Waals surface area contributed by atoms with Crippen LogP contribution in [0.15, 0.2) is 18.2 Å². The summed E-state index contributed by atoms with van der Waals surface area (Å²) in [6.45, 7) is 6.85. The van der Waals surface area contributed by atoms with Gasteiger partial charge in [-0.2, -0.15) is 0 Å². The van der Waals surface area contributed by atoms with Crippen molar-refractivity contribution in [1.29, 1.82) is 0 Å². The maximum absolute atomic E-state index is 3.48. The second kappa shape index (κ2) is 6.06. The molecule has 3 rings (SSSR count). The fraction of sp³-hybridized carbons (Fsp3) is 0.647. The van der Waals surface area contributed by atoms with Gasteiger partial charge in [-0.3, -0.25) is 4.90 Å². The summed E-state index contributed by atoms with van der Waals surface area (Å²) >= 11 is 0. The molecule has 1 fully saturated rings. The van der Waals surface area contributed by atoms with Gasteiger partial charge in [0.25, 0.3) is 0 Å².